The molecule has 1 N–H and O–H groups in total. The molecule has 1 unspecified atom stereocenters. The van der Waals surface area contributed by atoms with Gasteiger partial charge in [-0.15, -0.1) is 0 Å². The van der Waals surface area contributed by atoms with Crippen molar-refractivity contribution in [2.75, 3.05) is 20.1 Å². The van der Waals surface area contributed by atoms with Crippen molar-refractivity contribution >= 4 is 15.9 Å². The zero-order valence-corrected chi connectivity index (χ0v) is 18.8. The predicted molar refractivity (Wildman–Crippen MR) is 117 cm³/mol. The second-order valence-electron chi connectivity index (χ2n) is 8.24. The molecule has 0 aromatic heterocycles. The number of hydrogen-bond acceptors (Lipinski definition) is 4. The molecule has 1 saturated heterocycles. The van der Waals surface area contributed by atoms with Gasteiger partial charge in [0.15, 0.2) is 0 Å². The first-order valence-corrected chi connectivity index (χ1v) is 11.9. The normalized spacial score (nSPS) is 16.7. The van der Waals surface area contributed by atoms with E-state index in [1.165, 1.54) is 22.3 Å². The van der Waals surface area contributed by atoms with Gasteiger partial charge in [0, 0.05) is 26.2 Å². The monoisotopic (exact) mass is 448 g/mol. The lowest BCUT2D eigenvalue weighted by Gasteiger charge is -2.34. The smallest absolute Gasteiger partial charge is 0.256 e. The van der Waals surface area contributed by atoms with Gasteiger partial charge in [0.05, 0.1) is 16.6 Å². The molecule has 1 atom stereocenters. The van der Waals surface area contributed by atoms with Crippen molar-refractivity contribution in [3.05, 3.63) is 65.5 Å². The Kier molecular flexibility index (Phi) is 7.13. The summed E-state index contributed by atoms with van der Waals surface area (Å²) in [6, 6.07) is 12.4. The quantitative estimate of drug-likeness (QED) is 0.734. The average Bonchev–Trinajstić information content (AvgIpc) is 2.78. The number of rotatable bonds is 6. The molecule has 0 bridgehead atoms. The third kappa shape index (κ3) is 4.97. The fraction of sp³-hybridized carbons (Fsp3) is 0.435. The van der Waals surface area contributed by atoms with E-state index in [0.29, 0.717) is 25.9 Å². The minimum atomic E-state index is -3.83. The van der Waals surface area contributed by atoms with E-state index in [2.05, 4.69) is 0 Å². The molecule has 0 saturated carbocycles. The van der Waals surface area contributed by atoms with E-state index in [9.17, 15) is 22.7 Å². The topological polar surface area (TPSA) is 77.9 Å². The summed E-state index contributed by atoms with van der Waals surface area (Å²) in [7, 11) is -2.38. The first kappa shape index (κ1) is 23.4. The van der Waals surface area contributed by atoms with Crippen molar-refractivity contribution in [2.45, 2.75) is 43.7 Å². The standard InChI is InChI=1S/C23H29FN2O4S/c1-16(2)25(3)31(29,30)19-9-10-21(24)20(15-19)23(28)26-13-11-18(12-14-26)22(27)17-7-5-4-6-8-17/h4-10,15-16,18,22,27H,11-14H2,1-3H3. The number of carbonyl (C=O) groups is 1. The third-order valence-corrected chi connectivity index (χ3v) is 8.02. The number of benzene rings is 2. The molecule has 1 aliphatic heterocycles. The number of piperidine rings is 1. The van der Waals surface area contributed by atoms with Crippen LogP contribution in [0.2, 0.25) is 0 Å². The molecule has 8 heteroatoms. The van der Waals surface area contributed by atoms with Gasteiger partial charge in [-0.1, -0.05) is 30.3 Å². The molecule has 3 rings (SSSR count). The van der Waals surface area contributed by atoms with Crippen LogP contribution in [0, 0.1) is 11.7 Å². The van der Waals surface area contributed by atoms with Crippen LogP contribution in [-0.2, 0) is 10.0 Å². The molecule has 1 aliphatic rings. The van der Waals surface area contributed by atoms with Crippen molar-refractivity contribution < 1.29 is 22.7 Å². The van der Waals surface area contributed by atoms with E-state index >= 15 is 0 Å². The van der Waals surface area contributed by atoms with Gasteiger partial charge in [0.2, 0.25) is 10.0 Å². The number of amides is 1. The van der Waals surface area contributed by atoms with Crippen molar-refractivity contribution in [3.8, 4) is 0 Å². The zero-order chi connectivity index (χ0) is 22.8. The Labute approximate surface area is 183 Å². The molecular formula is C23H29FN2O4S. The maximum atomic E-state index is 14.5. The van der Waals surface area contributed by atoms with Gasteiger partial charge in [0.1, 0.15) is 5.82 Å². The molecule has 2 aromatic rings. The number of aliphatic hydroxyl groups excluding tert-OH is 1. The van der Waals surface area contributed by atoms with Crippen LogP contribution in [0.1, 0.15) is 48.7 Å². The summed E-state index contributed by atoms with van der Waals surface area (Å²) >= 11 is 0. The molecule has 1 amide bonds. The number of likely N-dealkylation sites (tertiary alicyclic amines) is 1. The molecule has 1 heterocycles. The molecule has 31 heavy (non-hydrogen) atoms. The Morgan fingerprint density at radius 2 is 1.74 bits per heavy atom. The summed E-state index contributed by atoms with van der Waals surface area (Å²) in [5.41, 5.74) is 0.589. The highest BCUT2D eigenvalue weighted by atomic mass is 32.2. The van der Waals surface area contributed by atoms with Gasteiger partial charge in [-0.25, -0.2) is 12.8 Å². The van der Waals surface area contributed by atoms with E-state index in [0.717, 1.165) is 17.7 Å². The second kappa shape index (κ2) is 9.46. The largest absolute Gasteiger partial charge is 0.388 e. The number of aliphatic hydroxyl groups is 1. The highest BCUT2D eigenvalue weighted by molar-refractivity contribution is 7.89. The van der Waals surface area contributed by atoms with Crippen molar-refractivity contribution in [3.63, 3.8) is 0 Å². The molecule has 6 nitrogen and oxygen atoms in total. The molecule has 2 aromatic carbocycles. The maximum absolute atomic E-state index is 14.5. The van der Waals surface area contributed by atoms with Gasteiger partial charge < -0.3 is 10.0 Å². The number of hydrogen-bond donors (Lipinski definition) is 1. The number of halogens is 1. The van der Waals surface area contributed by atoms with Gasteiger partial charge in [-0.2, -0.15) is 4.31 Å². The highest BCUT2D eigenvalue weighted by Gasteiger charge is 2.31. The molecule has 0 aliphatic carbocycles. The lowest BCUT2D eigenvalue weighted by molar-refractivity contribution is 0.0459. The molecular weight excluding hydrogens is 419 g/mol. The maximum Gasteiger partial charge on any atom is 0.256 e. The van der Waals surface area contributed by atoms with Crippen LogP contribution < -0.4 is 0 Å². The van der Waals surface area contributed by atoms with E-state index in [-0.39, 0.29) is 22.4 Å². The summed E-state index contributed by atoms with van der Waals surface area (Å²) in [5.74, 6) is -1.28. The van der Waals surface area contributed by atoms with Gasteiger partial charge >= 0.3 is 0 Å². The highest BCUT2D eigenvalue weighted by Crippen LogP contribution is 2.31. The molecule has 0 radical (unpaired) electrons. The summed E-state index contributed by atoms with van der Waals surface area (Å²) < 4.78 is 41.1. The summed E-state index contributed by atoms with van der Waals surface area (Å²) in [6.07, 6.45) is 0.546. The minimum absolute atomic E-state index is 0.00250. The van der Waals surface area contributed by atoms with Crippen LogP contribution in [0.4, 0.5) is 4.39 Å². The molecule has 0 spiro atoms. The Hall–Kier alpha value is -2.29. The van der Waals surface area contributed by atoms with Crippen LogP contribution in [-0.4, -0.2) is 54.8 Å². The number of carbonyl (C=O) groups excluding carboxylic acids is 1. The van der Waals surface area contributed by atoms with E-state index in [1.807, 2.05) is 30.3 Å². The second-order valence-corrected chi connectivity index (χ2v) is 10.2. The number of nitrogens with zero attached hydrogens (tertiary/aromatic N) is 2. The van der Waals surface area contributed by atoms with Crippen molar-refractivity contribution in [1.29, 1.82) is 0 Å². The fourth-order valence-corrected chi connectivity index (χ4v) is 5.18. The predicted octanol–water partition coefficient (Wildman–Crippen LogP) is 3.44. The Morgan fingerprint density at radius 1 is 1.13 bits per heavy atom. The number of sulfonamides is 1. The van der Waals surface area contributed by atoms with Crippen LogP contribution >= 0.6 is 0 Å². The average molecular weight is 449 g/mol. The van der Waals surface area contributed by atoms with Gasteiger partial charge in [0.25, 0.3) is 5.91 Å². The van der Waals surface area contributed by atoms with Gasteiger partial charge in [-0.3, -0.25) is 4.79 Å². The lowest BCUT2D eigenvalue weighted by Crippen LogP contribution is -2.40. The van der Waals surface area contributed by atoms with Crippen molar-refractivity contribution in [1.82, 2.24) is 9.21 Å². The Morgan fingerprint density at radius 3 is 2.32 bits per heavy atom. The van der Waals surface area contributed by atoms with Crippen LogP contribution in [0.5, 0.6) is 0 Å². The first-order valence-electron chi connectivity index (χ1n) is 10.4. The Bertz CT molecular complexity index is 1020. The van der Waals surface area contributed by atoms with E-state index < -0.39 is 27.9 Å². The van der Waals surface area contributed by atoms with Crippen LogP contribution in [0.25, 0.3) is 0 Å². The van der Waals surface area contributed by atoms with Crippen LogP contribution in [0.3, 0.4) is 0 Å². The summed E-state index contributed by atoms with van der Waals surface area (Å²) in [5, 5.41) is 10.6. The molecule has 168 valence electrons. The van der Waals surface area contributed by atoms with Crippen LogP contribution in [0.15, 0.2) is 53.4 Å². The van der Waals surface area contributed by atoms with Crippen molar-refractivity contribution in [2.24, 2.45) is 5.92 Å². The van der Waals surface area contributed by atoms with E-state index in [4.69, 9.17) is 0 Å². The minimum Gasteiger partial charge on any atom is -0.388 e. The zero-order valence-electron chi connectivity index (χ0n) is 18.0. The summed E-state index contributed by atoms with van der Waals surface area (Å²) in [6.45, 7) is 4.22. The Balaban J connectivity index is 1.74. The SMILES string of the molecule is CC(C)N(C)S(=O)(=O)c1ccc(F)c(C(=O)N2CCC(C(O)c3ccccc3)CC2)c1. The lowest BCUT2D eigenvalue weighted by atomic mass is 9.87. The van der Waals surface area contributed by atoms with Gasteiger partial charge in [-0.05, 0) is 56.4 Å². The molecule has 1 fully saturated rings. The summed E-state index contributed by atoms with van der Waals surface area (Å²) in [4.78, 5) is 14.4. The fourth-order valence-electron chi connectivity index (χ4n) is 3.78. The van der Waals surface area contributed by atoms with E-state index in [1.54, 1.807) is 13.8 Å². The third-order valence-electron chi connectivity index (χ3n) is 5.99. The first-order chi connectivity index (χ1) is 14.6.